The predicted octanol–water partition coefficient (Wildman–Crippen LogP) is 18.5. The smallest absolute Gasteiger partial charge is 0.306 e. The fraction of sp³-hybridized carbons (Fsp3) is 0.912. The molecule has 0 fully saturated rings. The van der Waals surface area contributed by atoms with Crippen LogP contribution in [0.5, 0.6) is 0 Å². The quantitative estimate of drug-likeness (QED) is 0.0262. The summed E-state index contributed by atoms with van der Waals surface area (Å²) in [6.07, 6.45) is 59.3. The number of carbonyl (C=O) groups excluding carboxylic acids is 3. The van der Waals surface area contributed by atoms with Gasteiger partial charge in [0.05, 0.1) is 0 Å². The average Bonchev–Trinajstić information content (AvgIpc) is 3.28. The summed E-state index contributed by atoms with van der Waals surface area (Å²) in [4.78, 5) is 38.0. The van der Waals surface area contributed by atoms with Crippen LogP contribution in [-0.4, -0.2) is 37.2 Å². The monoisotopic (exact) mass is 889 g/mol. The van der Waals surface area contributed by atoms with Crippen molar-refractivity contribution >= 4 is 17.9 Å². The molecule has 372 valence electrons. The van der Waals surface area contributed by atoms with Gasteiger partial charge in [-0.2, -0.15) is 0 Å². The van der Waals surface area contributed by atoms with Crippen molar-refractivity contribution in [1.29, 1.82) is 0 Å². The van der Waals surface area contributed by atoms with E-state index < -0.39 is 6.10 Å². The van der Waals surface area contributed by atoms with Crippen LogP contribution in [0.4, 0.5) is 0 Å². The van der Waals surface area contributed by atoms with Crippen LogP contribution in [-0.2, 0) is 28.6 Å². The largest absolute Gasteiger partial charge is 0.462 e. The summed E-state index contributed by atoms with van der Waals surface area (Å²) in [7, 11) is 0. The van der Waals surface area contributed by atoms with Gasteiger partial charge in [0.1, 0.15) is 13.2 Å². The number of hydrogen-bond donors (Lipinski definition) is 0. The number of rotatable bonds is 52. The van der Waals surface area contributed by atoms with E-state index in [0.29, 0.717) is 19.3 Å². The molecule has 63 heavy (non-hydrogen) atoms. The Balaban J connectivity index is 4.23. The van der Waals surface area contributed by atoms with Gasteiger partial charge in [-0.05, 0) is 38.5 Å². The molecule has 0 heterocycles. The zero-order chi connectivity index (χ0) is 45.8. The molecule has 1 atom stereocenters. The summed E-state index contributed by atoms with van der Waals surface area (Å²) in [6.45, 7) is 6.64. The standard InChI is InChI=1S/C57H108O6/c1-4-7-10-13-16-19-21-23-25-27-29-31-33-35-38-41-44-47-50-56(59)62-53-54(52-61-55(58)49-46-43-40-37-18-15-12-9-6-3)63-57(60)51-48-45-42-39-36-34-32-30-28-26-24-22-20-17-14-11-8-5-2/h37,40,54H,4-36,38-39,41-53H2,1-3H3/b40-37-. The van der Waals surface area contributed by atoms with E-state index in [4.69, 9.17) is 14.2 Å². The van der Waals surface area contributed by atoms with Crippen molar-refractivity contribution in [3.05, 3.63) is 12.2 Å². The number of hydrogen-bond acceptors (Lipinski definition) is 6. The maximum Gasteiger partial charge on any atom is 0.306 e. The molecule has 0 aromatic carbocycles. The lowest BCUT2D eigenvalue weighted by Crippen LogP contribution is -2.30. The van der Waals surface area contributed by atoms with E-state index in [0.717, 1.165) is 57.8 Å². The lowest BCUT2D eigenvalue weighted by molar-refractivity contribution is -0.167. The third-order valence-corrected chi connectivity index (χ3v) is 12.8. The van der Waals surface area contributed by atoms with Crippen molar-refractivity contribution in [2.45, 2.75) is 322 Å². The summed E-state index contributed by atoms with van der Waals surface area (Å²) in [6, 6.07) is 0. The maximum atomic E-state index is 12.8. The minimum atomic E-state index is -0.774. The number of ether oxygens (including phenoxy) is 3. The van der Waals surface area contributed by atoms with E-state index in [1.165, 1.54) is 218 Å². The first-order valence-electron chi connectivity index (χ1n) is 28.2. The zero-order valence-electron chi connectivity index (χ0n) is 42.6. The highest BCUT2D eigenvalue weighted by Gasteiger charge is 2.19. The third kappa shape index (κ3) is 51.0. The van der Waals surface area contributed by atoms with Crippen LogP contribution in [0, 0.1) is 0 Å². The molecule has 1 unspecified atom stereocenters. The summed E-state index contributed by atoms with van der Waals surface area (Å²) < 4.78 is 16.8. The first kappa shape index (κ1) is 61.1. The van der Waals surface area contributed by atoms with Gasteiger partial charge in [0.15, 0.2) is 6.10 Å². The van der Waals surface area contributed by atoms with Crippen LogP contribution in [0.25, 0.3) is 0 Å². The Labute approximate surface area is 392 Å². The van der Waals surface area contributed by atoms with E-state index in [2.05, 4.69) is 32.9 Å². The van der Waals surface area contributed by atoms with Crippen molar-refractivity contribution in [3.63, 3.8) is 0 Å². The minimum absolute atomic E-state index is 0.0726. The first-order chi connectivity index (χ1) is 31.0. The van der Waals surface area contributed by atoms with Gasteiger partial charge in [-0.3, -0.25) is 14.4 Å². The minimum Gasteiger partial charge on any atom is -0.462 e. The fourth-order valence-electron chi connectivity index (χ4n) is 8.51. The number of esters is 3. The normalized spacial score (nSPS) is 12.0. The van der Waals surface area contributed by atoms with Gasteiger partial charge in [-0.25, -0.2) is 0 Å². The molecule has 6 nitrogen and oxygen atoms in total. The molecule has 0 rings (SSSR count). The lowest BCUT2D eigenvalue weighted by atomic mass is 10.0. The van der Waals surface area contributed by atoms with E-state index >= 15 is 0 Å². The lowest BCUT2D eigenvalue weighted by Gasteiger charge is -2.18. The Hall–Kier alpha value is -1.85. The Kier molecular flexibility index (Phi) is 51.2. The topological polar surface area (TPSA) is 78.9 Å². The molecule has 0 saturated heterocycles. The van der Waals surface area contributed by atoms with Crippen LogP contribution >= 0.6 is 0 Å². The highest BCUT2D eigenvalue weighted by atomic mass is 16.6. The molecule has 0 aromatic rings. The molecular formula is C57H108O6. The zero-order valence-corrected chi connectivity index (χ0v) is 42.6. The third-order valence-electron chi connectivity index (χ3n) is 12.8. The molecule has 6 heteroatoms. The van der Waals surface area contributed by atoms with Crippen LogP contribution in [0.2, 0.25) is 0 Å². The highest BCUT2D eigenvalue weighted by Crippen LogP contribution is 2.17. The molecular weight excluding hydrogens is 781 g/mol. The molecule has 0 aliphatic carbocycles. The number of carbonyl (C=O) groups is 3. The number of unbranched alkanes of at least 4 members (excludes halogenated alkanes) is 39. The van der Waals surface area contributed by atoms with Crippen molar-refractivity contribution in [2.24, 2.45) is 0 Å². The first-order valence-corrected chi connectivity index (χ1v) is 28.2. The fourth-order valence-corrected chi connectivity index (χ4v) is 8.51. The molecule has 0 spiro atoms. The van der Waals surface area contributed by atoms with Gasteiger partial charge >= 0.3 is 17.9 Å². The van der Waals surface area contributed by atoms with Crippen molar-refractivity contribution in [3.8, 4) is 0 Å². The van der Waals surface area contributed by atoms with Crippen molar-refractivity contribution < 1.29 is 28.6 Å². The van der Waals surface area contributed by atoms with Crippen LogP contribution < -0.4 is 0 Å². The Morgan fingerprint density at radius 2 is 0.540 bits per heavy atom. The summed E-state index contributed by atoms with van der Waals surface area (Å²) in [5.74, 6) is -0.888. The van der Waals surface area contributed by atoms with E-state index in [1.54, 1.807) is 0 Å². The molecule has 0 aliphatic heterocycles. The van der Waals surface area contributed by atoms with Crippen LogP contribution in [0.3, 0.4) is 0 Å². The Morgan fingerprint density at radius 3 is 0.857 bits per heavy atom. The van der Waals surface area contributed by atoms with E-state index in [-0.39, 0.29) is 31.1 Å². The highest BCUT2D eigenvalue weighted by molar-refractivity contribution is 5.71. The van der Waals surface area contributed by atoms with Crippen molar-refractivity contribution in [1.82, 2.24) is 0 Å². The van der Waals surface area contributed by atoms with Gasteiger partial charge in [0.2, 0.25) is 0 Å². The van der Waals surface area contributed by atoms with E-state index in [1.807, 2.05) is 0 Å². The van der Waals surface area contributed by atoms with Gasteiger partial charge in [-0.1, -0.05) is 270 Å². The van der Waals surface area contributed by atoms with Crippen LogP contribution in [0.15, 0.2) is 12.2 Å². The summed E-state index contributed by atoms with van der Waals surface area (Å²) in [5, 5.41) is 0. The predicted molar refractivity (Wildman–Crippen MR) is 270 cm³/mol. The van der Waals surface area contributed by atoms with Gasteiger partial charge in [0.25, 0.3) is 0 Å². The molecule has 0 saturated carbocycles. The second kappa shape index (κ2) is 52.8. The number of allylic oxidation sites excluding steroid dienone is 2. The SMILES string of the molecule is CCCCCC/C=C\CCCC(=O)OCC(COC(=O)CCCCCCCCCCCCCCCCCCCC)OC(=O)CCCCCCCCCCCCCCCCCCCC. The Morgan fingerprint density at radius 1 is 0.302 bits per heavy atom. The summed E-state index contributed by atoms with van der Waals surface area (Å²) in [5.41, 5.74) is 0. The molecule has 0 amide bonds. The second-order valence-electron chi connectivity index (χ2n) is 19.2. The van der Waals surface area contributed by atoms with E-state index in [9.17, 15) is 14.4 Å². The molecule has 0 bridgehead atoms. The van der Waals surface area contributed by atoms with Crippen molar-refractivity contribution in [2.75, 3.05) is 13.2 Å². The average molecular weight is 889 g/mol. The summed E-state index contributed by atoms with van der Waals surface area (Å²) >= 11 is 0. The second-order valence-corrected chi connectivity index (χ2v) is 19.2. The van der Waals surface area contributed by atoms with Gasteiger partial charge in [0, 0.05) is 19.3 Å². The van der Waals surface area contributed by atoms with Crippen LogP contribution in [0.1, 0.15) is 316 Å². The molecule has 0 N–H and O–H groups in total. The van der Waals surface area contributed by atoms with Gasteiger partial charge < -0.3 is 14.2 Å². The molecule has 0 aliphatic rings. The molecule has 0 radical (unpaired) electrons. The molecule has 0 aromatic heterocycles. The Bertz CT molecular complexity index is 978. The van der Waals surface area contributed by atoms with Gasteiger partial charge in [-0.15, -0.1) is 0 Å². The maximum absolute atomic E-state index is 12.8.